The van der Waals surface area contributed by atoms with Crippen molar-refractivity contribution in [2.75, 3.05) is 26.6 Å². The molecule has 146 valence electrons. The van der Waals surface area contributed by atoms with Crippen LogP contribution < -0.4 is 9.47 Å². The van der Waals surface area contributed by atoms with Crippen LogP contribution >= 0.6 is 11.8 Å². The molecule has 3 rings (SSSR count). The monoisotopic (exact) mass is 399 g/mol. The summed E-state index contributed by atoms with van der Waals surface area (Å²) in [5.41, 5.74) is 1.65. The van der Waals surface area contributed by atoms with E-state index in [2.05, 4.69) is 10.2 Å². The summed E-state index contributed by atoms with van der Waals surface area (Å²) < 4.78 is 17.6. The predicted molar refractivity (Wildman–Crippen MR) is 107 cm³/mol. The highest BCUT2D eigenvalue weighted by Gasteiger charge is 2.20. The Morgan fingerprint density at radius 1 is 1.04 bits per heavy atom. The highest BCUT2D eigenvalue weighted by atomic mass is 32.2. The number of ether oxygens (including phenoxy) is 3. The second kappa shape index (κ2) is 9.27. The molecule has 1 aromatic heterocycles. The lowest BCUT2D eigenvalue weighted by Crippen LogP contribution is -2.08. The van der Waals surface area contributed by atoms with Crippen molar-refractivity contribution >= 4 is 17.7 Å². The van der Waals surface area contributed by atoms with E-state index in [1.807, 2.05) is 53.1 Å². The minimum absolute atomic E-state index is 0.147. The van der Waals surface area contributed by atoms with Gasteiger partial charge in [-0.1, -0.05) is 23.9 Å². The first-order valence-electron chi connectivity index (χ1n) is 8.69. The third-order valence-corrected chi connectivity index (χ3v) is 4.84. The van der Waals surface area contributed by atoms with Crippen LogP contribution in [0, 0.1) is 0 Å². The summed E-state index contributed by atoms with van der Waals surface area (Å²) in [6.45, 7) is 2.12. The number of aromatic nitrogens is 3. The van der Waals surface area contributed by atoms with Crippen molar-refractivity contribution in [2.24, 2.45) is 0 Å². The van der Waals surface area contributed by atoms with E-state index < -0.39 is 0 Å². The average molecular weight is 399 g/mol. The summed E-state index contributed by atoms with van der Waals surface area (Å²) in [6.07, 6.45) is 0. The van der Waals surface area contributed by atoms with Gasteiger partial charge in [0.1, 0.15) is 11.5 Å². The van der Waals surface area contributed by atoms with E-state index >= 15 is 0 Å². The lowest BCUT2D eigenvalue weighted by Gasteiger charge is -2.13. The fourth-order valence-electron chi connectivity index (χ4n) is 2.66. The first-order valence-corrected chi connectivity index (χ1v) is 9.68. The number of hydrogen-bond donors (Lipinski definition) is 0. The predicted octanol–water partition coefficient (Wildman–Crippen LogP) is 3.61. The molecular formula is C20H21N3O4S. The molecule has 2 aromatic carbocycles. The van der Waals surface area contributed by atoms with Crippen LogP contribution in [-0.4, -0.2) is 47.3 Å². The number of benzene rings is 2. The SMILES string of the molecule is CCOC(=O)CSc1nnc(-c2ccccc2OC)n1-c1ccc(OC)cc1. The molecular weight excluding hydrogens is 378 g/mol. The number of thioether (sulfide) groups is 1. The van der Waals surface area contributed by atoms with Crippen LogP contribution in [0.5, 0.6) is 11.5 Å². The van der Waals surface area contributed by atoms with Crippen LogP contribution in [-0.2, 0) is 9.53 Å². The van der Waals surface area contributed by atoms with Gasteiger partial charge in [0.15, 0.2) is 11.0 Å². The number of carbonyl (C=O) groups is 1. The molecule has 0 aliphatic heterocycles. The van der Waals surface area contributed by atoms with Gasteiger partial charge >= 0.3 is 5.97 Å². The zero-order chi connectivity index (χ0) is 19.9. The van der Waals surface area contributed by atoms with Crippen molar-refractivity contribution in [3.05, 3.63) is 48.5 Å². The third-order valence-electron chi connectivity index (χ3n) is 3.94. The number of carbonyl (C=O) groups excluding carboxylic acids is 1. The number of nitrogens with zero attached hydrogens (tertiary/aromatic N) is 3. The van der Waals surface area contributed by atoms with Crippen molar-refractivity contribution in [1.82, 2.24) is 14.8 Å². The molecule has 0 atom stereocenters. The molecule has 0 unspecified atom stereocenters. The highest BCUT2D eigenvalue weighted by molar-refractivity contribution is 7.99. The van der Waals surface area contributed by atoms with Gasteiger partial charge in [-0.3, -0.25) is 9.36 Å². The minimum atomic E-state index is -0.296. The Kier molecular flexibility index (Phi) is 6.54. The van der Waals surface area contributed by atoms with Crippen molar-refractivity contribution in [3.63, 3.8) is 0 Å². The molecule has 0 N–H and O–H groups in total. The molecule has 1 heterocycles. The first-order chi connectivity index (χ1) is 13.7. The normalized spacial score (nSPS) is 10.5. The molecule has 0 saturated carbocycles. The second-order valence-electron chi connectivity index (χ2n) is 5.63. The molecule has 0 amide bonds. The molecule has 0 saturated heterocycles. The van der Waals surface area contributed by atoms with Gasteiger partial charge in [-0.15, -0.1) is 10.2 Å². The Labute approximate surface area is 167 Å². The number of methoxy groups -OCH3 is 2. The van der Waals surface area contributed by atoms with E-state index in [1.54, 1.807) is 21.1 Å². The van der Waals surface area contributed by atoms with Crippen LogP contribution in [0.25, 0.3) is 17.1 Å². The van der Waals surface area contributed by atoms with Crippen LogP contribution in [0.1, 0.15) is 6.92 Å². The van der Waals surface area contributed by atoms with E-state index in [0.29, 0.717) is 23.3 Å². The zero-order valence-electron chi connectivity index (χ0n) is 15.9. The summed E-state index contributed by atoms with van der Waals surface area (Å²) in [4.78, 5) is 11.8. The molecule has 0 spiro atoms. The van der Waals surface area contributed by atoms with Crippen LogP contribution in [0.3, 0.4) is 0 Å². The molecule has 0 fully saturated rings. The Morgan fingerprint density at radius 2 is 1.79 bits per heavy atom. The van der Waals surface area contributed by atoms with E-state index in [4.69, 9.17) is 14.2 Å². The van der Waals surface area contributed by atoms with Gasteiger partial charge in [0, 0.05) is 0 Å². The Bertz CT molecular complexity index is 941. The van der Waals surface area contributed by atoms with Gasteiger partial charge < -0.3 is 14.2 Å². The maximum absolute atomic E-state index is 11.8. The van der Waals surface area contributed by atoms with E-state index in [-0.39, 0.29) is 11.7 Å². The zero-order valence-corrected chi connectivity index (χ0v) is 16.7. The van der Waals surface area contributed by atoms with Gasteiger partial charge in [0.25, 0.3) is 0 Å². The van der Waals surface area contributed by atoms with Gasteiger partial charge in [-0.05, 0) is 43.3 Å². The van der Waals surface area contributed by atoms with Crippen LogP contribution in [0.15, 0.2) is 53.7 Å². The molecule has 8 heteroatoms. The average Bonchev–Trinajstić information content (AvgIpc) is 3.16. The van der Waals surface area contributed by atoms with Gasteiger partial charge in [0.2, 0.25) is 0 Å². The fourth-order valence-corrected chi connectivity index (χ4v) is 3.41. The summed E-state index contributed by atoms with van der Waals surface area (Å²) in [5.74, 6) is 1.90. The molecule has 0 aliphatic rings. The maximum Gasteiger partial charge on any atom is 0.316 e. The minimum Gasteiger partial charge on any atom is -0.497 e. The highest BCUT2D eigenvalue weighted by Crippen LogP contribution is 2.33. The van der Waals surface area contributed by atoms with Gasteiger partial charge in [0.05, 0.1) is 37.8 Å². The molecule has 0 bridgehead atoms. The molecule has 0 radical (unpaired) electrons. The van der Waals surface area contributed by atoms with Crippen molar-refractivity contribution in [2.45, 2.75) is 12.1 Å². The number of hydrogen-bond acceptors (Lipinski definition) is 7. The third kappa shape index (κ3) is 4.28. The lowest BCUT2D eigenvalue weighted by molar-refractivity contribution is -0.139. The Balaban J connectivity index is 2.05. The van der Waals surface area contributed by atoms with Crippen molar-refractivity contribution in [1.29, 1.82) is 0 Å². The number of esters is 1. The summed E-state index contributed by atoms with van der Waals surface area (Å²) in [7, 11) is 3.23. The first kappa shape index (κ1) is 19.8. The summed E-state index contributed by atoms with van der Waals surface area (Å²) in [5, 5.41) is 9.25. The summed E-state index contributed by atoms with van der Waals surface area (Å²) >= 11 is 1.27. The number of para-hydroxylation sites is 1. The topological polar surface area (TPSA) is 75.5 Å². The Hall–Kier alpha value is -3.00. The van der Waals surface area contributed by atoms with Crippen LogP contribution in [0.2, 0.25) is 0 Å². The standard InChI is InChI=1S/C20H21N3O4S/c1-4-27-18(24)13-28-20-22-21-19(16-7-5-6-8-17(16)26-3)23(20)14-9-11-15(25-2)12-10-14/h5-12H,4,13H2,1-3H3. The fraction of sp³-hybridized carbons (Fsp3) is 0.250. The van der Waals surface area contributed by atoms with Crippen molar-refractivity contribution < 1.29 is 19.0 Å². The smallest absolute Gasteiger partial charge is 0.316 e. The van der Waals surface area contributed by atoms with Crippen LogP contribution in [0.4, 0.5) is 0 Å². The lowest BCUT2D eigenvalue weighted by atomic mass is 10.2. The summed E-state index contributed by atoms with van der Waals surface area (Å²) in [6, 6.07) is 15.1. The largest absolute Gasteiger partial charge is 0.497 e. The van der Waals surface area contributed by atoms with Gasteiger partial charge in [-0.25, -0.2) is 0 Å². The Morgan fingerprint density at radius 3 is 2.46 bits per heavy atom. The quantitative estimate of drug-likeness (QED) is 0.423. The van der Waals surface area contributed by atoms with E-state index in [0.717, 1.165) is 17.0 Å². The van der Waals surface area contributed by atoms with Gasteiger partial charge in [-0.2, -0.15) is 0 Å². The maximum atomic E-state index is 11.8. The molecule has 0 aliphatic carbocycles. The number of rotatable bonds is 8. The molecule has 28 heavy (non-hydrogen) atoms. The molecule has 3 aromatic rings. The second-order valence-corrected chi connectivity index (χ2v) is 6.58. The molecule has 7 nitrogen and oxygen atoms in total. The van der Waals surface area contributed by atoms with E-state index in [1.165, 1.54) is 11.8 Å². The van der Waals surface area contributed by atoms with Crippen molar-refractivity contribution in [3.8, 4) is 28.6 Å². The van der Waals surface area contributed by atoms with E-state index in [9.17, 15) is 4.79 Å².